The van der Waals surface area contributed by atoms with Gasteiger partial charge in [0, 0.05) is 12.6 Å². The Morgan fingerprint density at radius 3 is 2.89 bits per heavy atom. The normalized spacial score (nSPS) is 16.9. The summed E-state index contributed by atoms with van der Waals surface area (Å²) in [5.41, 5.74) is 0.635. The van der Waals surface area contributed by atoms with Crippen LogP contribution in [0.4, 0.5) is 5.82 Å². The van der Waals surface area contributed by atoms with Crippen LogP contribution in [0.1, 0.15) is 32.1 Å². The third-order valence-corrected chi connectivity index (χ3v) is 3.74. The smallest absolute Gasteiger partial charge is 0.199 e. The Morgan fingerprint density at radius 1 is 1.26 bits per heavy atom. The average molecular weight is 262 g/mol. The van der Waals surface area contributed by atoms with Gasteiger partial charge in [-0.15, -0.1) is 5.10 Å². The zero-order chi connectivity index (χ0) is 13.1. The zero-order valence-corrected chi connectivity index (χ0v) is 10.8. The quantitative estimate of drug-likeness (QED) is 0.871. The lowest BCUT2D eigenvalue weighted by atomic mass is 9.94. The van der Waals surface area contributed by atoms with E-state index in [9.17, 15) is 5.11 Å². The van der Waals surface area contributed by atoms with Crippen molar-refractivity contribution in [2.75, 3.05) is 18.1 Å². The molecule has 19 heavy (non-hydrogen) atoms. The molecule has 0 bridgehead atoms. The summed E-state index contributed by atoms with van der Waals surface area (Å²) in [7, 11) is 0. The summed E-state index contributed by atoms with van der Waals surface area (Å²) in [6.07, 6.45) is 9.50. The molecule has 2 aromatic heterocycles. The van der Waals surface area contributed by atoms with E-state index in [1.807, 2.05) is 0 Å². The van der Waals surface area contributed by atoms with Crippen LogP contribution >= 0.6 is 0 Å². The maximum Gasteiger partial charge on any atom is 0.199 e. The number of hydrogen-bond donors (Lipinski definition) is 1. The number of nitrogens with zero attached hydrogens (tertiary/aromatic N) is 6. The highest BCUT2D eigenvalue weighted by Crippen LogP contribution is 2.26. The molecule has 0 aromatic carbocycles. The number of anilines is 1. The molecule has 0 atom stereocenters. The molecule has 0 saturated heterocycles. The van der Waals surface area contributed by atoms with Gasteiger partial charge in [0.05, 0.1) is 19.0 Å². The molecule has 7 heteroatoms. The Balaban J connectivity index is 1.96. The van der Waals surface area contributed by atoms with Gasteiger partial charge < -0.3 is 10.0 Å². The Labute approximate surface area is 111 Å². The Kier molecular flexibility index (Phi) is 3.54. The topological polar surface area (TPSA) is 79.4 Å². The van der Waals surface area contributed by atoms with Crippen molar-refractivity contribution in [1.82, 2.24) is 25.0 Å². The molecule has 1 fully saturated rings. The first kappa shape index (κ1) is 12.3. The molecule has 1 saturated carbocycles. The van der Waals surface area contributed by atoms with Crippen LogP contribution in [-0.4, -0.2) is 49.3 Å². The fraction of sp³-hybridized carbons (Fsp3) is 0.667. The number of tetrazole rings is 1. The minimum Gasteiger partial charge on any atom is -0.395 e. The molecule has 2 aromatic rings. The van der Waals surface area contributed by atoms with E-state index in [4.69, 9.17) is 0 Å². The fourth-order valence-corrected chi connectivity index (χ4v) is 2.84. The van der Waals surface area contributed by atoms with Gasteiger partial charge in [0.15, 0.2) is 11.5 Å². The van der Waals surface area contributed by atoms with Gasteiger partial charge in [-0.3, -0.25) is 4.98 Å². The summed E-state index contributed by atoms with van der Waals surface area (Å²) in [5.74, 6) is 0.864. The highest BCUT2D eigenvalue weighted by molar-refractivity contribution is 5.46. The summed E-state index contributed by atoms with van der Waals surface area (Å²) in [6.45, 7) is 0.709. The number of hydrogen-bond acceptors (Lipinski definition) is 6. The summed E-state index contributed by atoms with van der Waals surface area (Å²) in [4.78, 5) is 6.39. The van der Waals surface area contributed by atoms with Crippen LogP contribution in [0.25, 0.3) is 5.65 Å². The van der Waals surface area contributed by atoms with E-state index < -0.39 is 0 Å². The van der Waals surface area contributed by atoms with Crippen LogP contribution < -0.4 is 4.90 Å². The molecule has 0 spiro atoms. The molecule has 1 N–H and O–H groups in total. The van der Waals surface area contributed by atoms with Crippen molar-refractivity contribution in [3.63, 3.8) is 0 Å². The number of aromatic nitrogens is 5. The van der Waals surface area contributed by atoms with Gasteiger partial charge in [0.25, 0.3) is 0 Å². The Morgan fingerprint density at radius 2 is 2.11 bits per heavy atom. The lowest BCUT2D eigenvalue weighted by Gasteiger charge is -2.35. The van der Waals surface area contributed by atoms with E-state index in [1.54, 1.807) is 16.9 Å². The highest BCUT2D eigenvalue weighted by atomic mass is 16.3. The van der Waals surface area contributed by atoms with E-state index in [2.05, 4.69) is 25.4 Å². The third-order valence-electron chi connectivity index (χ3n) is 3.74. The van der Waals surface area contributed by atoms with E-state index >= 15 is 0 Å². The molecular formula is C12H18N6O. The van der Waals surface area contributed by atoms with Crippen molar-refractivity contribution in [2.24, 2.45) is 0 Å². The second kappa shape index (κ2) is 5.48. The van der Waals surface area contributed by atoms with E-state index in [0.717, 1.165) is 18.7 Å². The molecule has 0 unspecified atom stereocenters. The lowest BCUT2D eigenvalue weighted by Crippen LogP contribution is -2.40. The van der Waals surface area contributed by atoms with Gasteiger partial charge in [-0.2, -0.15) is 4.52 Å². The fourth-order valence-electron chi connectivity index (χ4n) is 2.84. The van der Waals surface area contributed by atoms with Crippen molar-refractivity contribution < 1.29 is 5.11 Å². The van der Waals surface area contributed by atoms with Gasteiger partial charge >= 0.3 is 0 Å². The van der Waals surface area contributed by atoms with Gasteiger partial charge in [-0.1, -0.05) is 19.3 Å². The highest BCUT2D eigenvalue weighted by Gasteiger charge is 2.23. The minimum atomic E-state index is 0.120. The molecule has 1 aliphatic rings. The molecule has 3 rings (SSSR count). The van der Waals surface area contributed by atoms with Crippen molar-refractivity contribution in [3.8, 4) is 0 Å². The summed E-state index contributed by atoms with van der Waals surface area (Å²) in [5, 5.41) is 20.9. The lowest BCUT2D eigenvalue weighted by molar-refractivity contribution is 0.289. The maximum atomic E-state index is 9.33. The van der Waals surface area contributed by atoms with Gasteiger partial charge in [0.2, 0.25) is 0 Å². The monoisotopic (exact) mass is 262 g/mol. The summed E-state index contributed by atoms with van der Waals surface area (Å²) in [6, 6.07) is 0.442. The second-order valence-corrected chi connectivity index (χ2v) is 4.92. The standard InChI is InChI=1S/C12H18N6O/c19-7-6-17(10-4-2-1-3-5-10)12-9-13-8-11-14-15-16-18(11)12/h8-10,19H,1-7H2. The van der Waals surface area contributed by atoms with Gasteiger partial charge in [-0.25, -0.2) is 0 Å². The van der Waals surface area contributed by atoms with Crippen molar-refractivity contribution >= 4 is 11.5 Å². The van der Waals surface area contributed by atoms with Crippen LogP contribution in [0, 0.1) is 0 Å². The number of aliphatic hydroxyl groups is 1. The van der Waals surface area contributed by atoms with E-state index in [-0.39, 0.29) is 6.61 Å². The van der Waals surface area contributed by atoms with Crippen LogP contribution in [0.15, 0.2) is 12.4 Å². The zero-order valence-electron chi connectivity index (χ0n) is 10.8. The van der Waals surface area contributed by atoms with Gasteiger partial charge in [-0.05, 0) is 23.3 Å². The van der Waals surface area contributed by atoms with Crippen molar-refractivity contribution in [1.29, 1.82) is 0 Å². The Hall–Kier alpha value is -1.76. The molecule has 0 radical (unpaired) electrons. The number of fused-ring (bicyclic) bond motifs is 1. The van der Waals surface area contributed by atoms with Gasteiger partial charge in [0.1, 0.15) is 0 Å². The first-order chi connectivity index (χ1) is 9.40. The molecule has 0 aliphatic heterocycles. The van der Waals surface area contributed by atoms with Crippen LogP contribution in [0.3, 0.4) is 0 Å². The molecule has 1 aliphatic carbocycles. The summed E-state index contributed by atoms with van der Waals surface area (Å²) < 4.78 is 1.69. The van der Waals surface area contributed by atoms with Crippen LogP contribution in [-0.2, 0) is 0 Å². The SMILES string of the molecule is OCCN(c1cncc2nnnn12)C1CCCCC1. The molecular weight excluding hydrogens is 244 g/mol. The first-order valence-electron chi connectivity index (χ1n) is 6.80. The predicted octanol–water partition coefficient (Wildman–Crippen LogP) is 0.651. The van der Waals surface area contributed by atoms with Crippen molar-refractivity contribution in [2.45, 2.75) is 38.1 Å². The van der Waals surface area contributed by atoms with E-state index in [1.165, 1.54) is 19.3 Å². The third kappa shape index (κ3) is 2.37. The molecule has 0 amide bonds. The maximum absolute atomic E-state index is 9.33. The largest absolute Gasteiger partial charge is 0.395 e. The van der Waals surface area contributed by atoms with E-state index in [0.29, 0.717) is 18.2 Å². The molecule has 7 nitrogen and oxygen atoms in total. The first-order valence-corrected chi connectivity index (χ1v) is 6.80. The van der Waals surface area contributed by atoms with Crippen molar-refractivity contribution in [3.05, 3.63) is 12.4 Å². The number of rotatable bonds is 4. The number of aliphatic hydroxyl groups excluding tert-OH is 1. The minimum absolute atomic E-state index is 0.120. The van der Waals surface area contributed by atoms with Crippen LogP contribution in [0.5, 0.6) is 0 Å². The van der Waals surface area contributed by atoms with Crippen LogP contribution in [0.2, 0.25) is 0 Å². The Bertz CT molecular complexity index is 536. The molecule has 2 heterocycles. The summed E-state index contributed by atoms with van der Waals surface area (Å²) >= 11 is 0. The predicted molar refractivity (Wildman–Crippen MR) is 69.9 cm³/mol. The second-order valence-electron chi connectivity index (χ2n) is 4.92. The average Bonchev–Trinajstić information content (AvgIpc) is 2.94. The molecule has 102 valence electrons.